The molecule has 2 heterocycles. The molecule has 0 amide bonds. The van der Waals surface area contributed by atoms with Crippen molar-refractivity contribution in [2.75, 3.05) is 20.2 Å². The van der Waals surface area contributed by atoms with Gasteiger partial charge in [0.25, 0.3) is 0 Å². The molecule has 0 aromatic carbocycles. The molecule has 0 aliphatic rings. The molecule has 0 saturated heterocycles. The highest BCUT2D eigenvalue weighted by atomic mass is 32.1. The summed E-state index contributed by atoms with van der Waals surface area (Å²) in [5, 5.41) is 11.9. The smallest absolute Gasteiger partial charge is 0.129 e. The van der Waals surface area contributed by atoms with Gasteiger partial charge < -0.3 is 14.3 Å². The van der Waals surface area contributed by atoms with E-state index in [0.717, 1.165) is 12.3 Å². The van der Waals surface area contributed by atoms with E-state index in [0.29, 0.717) is 19.8 Å². The number of hydrogen-bond donors (Lipinski definition) is 1. The molecule has 1 N–H and O–H groups in total. The maximum absolute atomic E-state index is 9.88. The Hall–Kier alpha value is -1.14. The van der Waals surface area contributed by atoms with E-state index in [2.05, 4.69) is 16.3 Å². The van der Waals surface area contributed by atoms with Gasteiger partial charge in [-0.1, -0.05) is 6.07 Å². The number of furan rings is 1. The van der Waals surface area contributed by atoms with Gasteiger partial charge in [-0.25, -0.2) is 0 Å². The van der Waals surface area contributed by atoms with Gasteiger partial charge in [-0.2, -0.15) is 0 Å². The summed E-state index contributed by atoms with van der Waals surface area (Å²) in [6, 6.07) is 7.82. The van der Waals surface area contributed by atoms with Crippen LogP contribution in [0.1, 0.15) is 10.6 Å². The minimum Gasteiger partial charge on any atom is -0.467 e. The fourth-order valence-electron chi connectivity index (χ4n) is 1.84. The standard InChI is InChI=1S/C14H19NO3S/c1-15(9-14-5-3-7-19-14)8-12(16)10-17-11-13-4-2-6-18-13/h2-7,12,16H,8-11H2,1H3/t12-/m0/s1. The summed E-state index contributed by atoms with van der Waals surface area (Å²) in [5.41, 5.74) is 0. The fourth-order valence-corrected chi connectivity index (χ4v) is 2.62. The molecule has 0 aliphatic heterocycles. The summed E-state index contributed by atoms with van der Waals surface area (Å²) < 4.78 is 10.6. The predicted molar refractivity (Wildman–Crippen MR) is 75.0 cm³/mol. The van der Waals surface area contributed by atoms with Crippen LogP contribution in [0.3, 0.4) is 0 Å². The Bertz CT molecular complexity index is 441. The van der Waals surface area contributed by atoms with E-state index in [9.17, 15) is 5.11 Å². The first kappa shape index (κ1) is 14.3. The Kier molecular flexibility index (Phi) is 5.60. The lowest BCUT2D eigenvalue weighted by Gasteiger charge is -2.19. The second-order valence-electron chi connectivity index (χ2n) is 4.52. The van der Waals surface area contributed by atoms with Crippen LogP contribution in [-0.4, -0.2) is 36.3 Å². The number of likely N-dealkylation sites (N-methyl/N-ethyl adjacent to an activating group) is 1. The molecule has 5 heteroatoms. The summed E-state index contributed by atoms with van der Waals surface area (Å²) in [6.45, 7) is 2.16. The van der Waals surface area contributed by atoms with Crippen LogP contribution in [0.5, 0.6) is 0 Å². The minimum atomic E-state index is -0.486. The molecule has 104 valence electrons. The molecule has 1 atom stereocenters. The van der Waals surface area contributed by atoms with E-state index in [-0.39, 0.29) is 0 Å². The van der Waals surface area contributed by atoms with E-state index in [1.165, 1.54) is 4.88 Å². The van der Waals surface area contributed by atoms with Crippen LogP contribution in [0.2, 0.25) is 0 Å². The number of thiophene rings is 1. The molecule has 4 nitrogen and oxygen atoms in total. The number of rotatable bonds is 8. The Balaban J connectivity index is 1.62. The van der Waals surface area contributed by atoms with Crippen LogP contribution in [-0.2, 0) is 17.9 Å². The van der Waals surface area contributed by atoms with E-state index in [1.807, 2.05) is 25.2 Å². The van der Waals surface area contributed by atoms with Gasteiger partial charge >= 0.3 is 0 Å². The van der Waals surface area contributed by atoms with Gasteiger partial charge in [0.1, 0.15) is 12.4 Å². The first-order chi connectivity index (χ1) is 9.24. The third kappa shape index (κ3) is 5.16. The maximum atomic E-state index is 9.88. The van der Waals surface area contributed by atoms with Gasteiger partial charge in [0.15, 0.2) is 0 Å². The van der Waals surface area contributed by atoms with Crippen LogP contribution in [0, 0.1) is 0 Å². The van der Waals surface area contributed by atoms with Crippen molar-refractivity contribution in [3.8, 4) is 0 Å². The monoisotopic (exact) mass is 281 g/mol. The van der Waals surface area contributed by atoms with Crippen LogP contribution >= 0.6 is 11.3 Å². The Labute approximate surface area is 117 Å². The zero-order valence-corrected chi connectivity index (χ0v) is 11.8. The lowest BCUT2D eigenvalue weighted by atomic mass is 10.3. The van der Waals surface area contributed by atoms with Gasteiger partial charge in [0.05, 0.1) is 19.0 Å². The van der Waals surface area contributed by atoms with Crippen molar-refractivity contribution < 1.29 is 14.3 Å². The second kappa shape index (κ2) is 7.45. The van der Waals surface area contributed by atoms with Crippen molar-refractivity contribution in [3.05, 3.63) is 46.5 Å². The summed E-state index contributed by atoms with van der Waals surface area (Å²) >= 11 is 1.73. The summed E-state index contributed by atoms with van der Waals surface area (Å²) in [6.07, 6.45) is 1.13. The molecular formula is C14H19NO3S. The van der Waals surface area contributed by atoms with Gasteiger partial charge in [-0.15, -0.1) is 11.3 Å². The lowest BCUT2D eigenvalue weighted by molar-refractivity contribution is 0.00779. The van der Waals surface area contributed by atoms with Gasteiger partial charge in [-0.3, -0.25) is 4.90 Å². The van der Waals surface area contributed by atoms with Crippen molar-refractivity contribution in [2.24, 2.45) is 0 Å². The second-order valence-corrected chi connectivity index (χ2v) is 5.56. The van der Waals surface area contributed by atoms with Gasteiger partial charge in [0.2, 0.25) is 0 Å². The lowest BCUT2D eigenvalue weighted by Crippen LogP contribution is -2.31. The van der Waals surface area contributed by atoms with Crippen molar-refractivity contribution in [1.29, 1.82) is 0 Å². The van der Waals surface area contributed by atoms with Crippen LogP contribution in [0.4, 0.5) is 0 Å². The molecule has 0 saturated carbocycles. The predicted octanol–water partition coefficient (Wildman–Crippen LogP) is 2.35. The third-order valence-corrected chi connectivity index (χ3v) is 3.52. The quantitative estimate of drug-likeness (QED) is 0.807. The Morgan fingerprint density at radius 2 is 2.32 bits per heavy atom. The summed E-state index contributed by atoms with van der Waals surface area (Å²) in [7, 11) is 2.00. The molecule has 0 unspecified atom stereocenters. The molecule has 2 rings (SSSR count). The molecule has 2 aromatic rings. The molecule has 0 spiro atoms. The van der Waals surface area contributed by atoms with E-state index >= 15 is 0 Å². The van der Waals surface area contributed by atoms with E-state index in [4.69, 9.17) is 9.15 Å². The van der Waals surface area contributed by atoms with Crippen LogP contribution in [0.25, 0.3) is 0 Å². The third-order valence-electron chi connectivity index (χ3n) is 2.66. The molecule has 19 heavy (non-hydrogen) atoms. The zero-order valence-electron chi connectivity index (χ0n) is 11.0. The Morgan fingerprint density at radius 3 is 3.00 bits per heavy atom. The van der Waals surface area contributed by atoms with Crippen LogP contribution < -0.4 is 0 Å². The highest BCUT2D eigenvalue weighted by molar-refractivity contribution is 7.09. The SMILES string of the molecule is CN(Cc1cccs1)C[C@H](O)COCc1ccco1. The summed E-state index contributed by atoms with van der Waals surface area (Å²) in [4.78, 5) is 3.39. The minimum absolute atomic E-state index is 0.315. The van der Waals surface area contributed by atoms with Crippen molar-refractivity contribution in [1.82, 2.24) is 4.90 Å². The summed E-state index contributed by atoms with van der Waals surface area (Å²) in [5.74, 6) is 0.777. The normalized spacial score (nSPS) is 13.0. The van der Waals surface area contributed by atoms with Gasteiger partial charge in [0, 0.05) is 18.0 Å². The van der Waals surface area contributed by atoms with Gasteiger partial charge in [-0.05, 0) is 30.6 Å². The molecule has 2 aromatic heterocycles. The topological polar surface area (TPSA) is 45.8 Å². The Morgan fingerprint density at radius 1 is 1.42 bits per heavy atom. The zero-order chi connectivity index (χ0) is 13.5. The first-order valence-corrected chi connectivity index (χ1v) is 7.11. The average molecular weight is 281 g/mol. The largest absolute Gasteiger partial charge is 0.467 e. The van der Waals surface area contributed by atoms with Crippen molar-refractivity contribution in [3.63, 3.8) is 0 Å². The number of nitrogens with zero attached hydrogens (tertiary/aromatic N) is 1. The average Bonchev–Trinajstić information content (AvgIpc) is 3.01. The van der Waals surface area contributed by atoms with Crippen molar-refractivity contribution >= 4 is 11.3 Å². The number of aliphatic hydroxyl groups is 1. The first-order valence-electron chi connectivity index (χ1n) is 6.23. The highest BCUT2D eigenvalue weighted by Gasteiger charge is 2.09. The van der Waals surface area contributed by atoms with E-state index in [1.54, 1.807) is 17.6 Å². The molecule has 0 aliphatic carbocycles. The number of ether oxygens (including phenoxy) is 1. The molecule has 0 fully saturated rings. The maximum Gasteiger partial charge on any atom is 0.129 e. The molecular weight excluding hydrogens is 262 g/mol. The van der Waals surface area contributed by atoms with Crippen LogP contribution in [0.15, 0.2) is 40.3 Å². The highest BCUT2D eigenvalue weighted by Crippen LogP contribution is 2.11. The number of hydrogen-bond acceptors (Lipinski definition) is 5. The fraction of sp³-hybridized carbons (Fsp3) is 0.429. The molecule has 0 radical (unpaired) electrons. The van der Waals surface area contributed by atoms with Crippen molar-refractivity contribution in [2.45, 2.75) is 19.3 Å². The molecule has 0 bridgehead atoms. The van der Waals surface area contributed by atoms with E-state index < -0.39 is 6.10 Å². The number of aliphatic hydroxyl groups excluding tert-OH is 1.